The Morgan fingerprint density at radius 1 is 1.17 bits per heavy atom. The summed E-state index contributed by atoms with van der Waals surface area (Å²) in [6.45, 7) is 4.66. The summed E-state index contributed by atoms with van der Waals surface area (Å²) in [6.07, 6.45) is 12.1. The summed E-state index contributed by atoms with van der Waals surface area (Å²) in [5.74, 6) is 3.06. The molecule has 29 heavy (non-hydrogen) atoms. The Labute approximate surface area is 170 Å². The maximum absolute atomic E-state index is 13.3. The number of carbonyl (C=O) groups excluding carboxylic acids is 1. The van der Waals surface area contributed by atoms with Gasteiger partial charge in [0.25, 0.3) is 11.5 Å². The van der Waals surface area contributed by atoms with Gasteiger partial charge in [-0.3, -0.25) is 9.59 Å². The number of aromatic nitrogens is 4. The minimum atomic E-state index is -0.366. The molecular formula is C22H31N5O2. The average Bonchev–Trinajstić information content (AvgIpc) is 3.04. The van der Waals surface area contributed by atoms with Gasteiger partial charge in [0.05, 0.1) is 0 Å². The highest BCUT2D eigenvalue weighted by atomic mass is 16.2. The Morgan fingerprint density at radius 2 is 1.83 bits per heavy atom. The van der Waals surface area contributed by atoms with Gasteiger partial charge in [-0.25, -0.2) is 0 Å². The third-order valence-electron chi connectivity index (χ3n) is 7.32. The smallest absolute Gasteiger partial charge is 0.288 e. The molecule has 0 atom stereocenters. The largest absolute Gasteiger partial charge is 0.346 e. The molecule has 0 spiro atoms. The number of rotatable bonds is 6. The summed E-state index contributed by atoms with van der Waals surface area (Å²) in [6, 6.07) is 0. The highest BCUT2D eigenvalue weighted by molar-refractivity contribution is 5.94. The number of nitrogens with one attached hydrogen (secondary N) is 1. The molecule has 7 heteroatoms. The van der Waals surface area contributed by atoms with Gasteiger partial charge in [-0.2, -0.15) is 9.50 Å². The first-order valence-corrected chi connectivity index (χ1v) is 11.3. The van der Waals surface area contributed by atoms with E-state index in [9.17, 15) is 9.59 Å². The molecule has 2 heterocycles. The van der Waals surface area contributed by atoms with Crippen molar-refractivity contribution in [3.05, 3.63) is 27.9 Å². The number of hydrogen-bond acceptors (Lipinski definition) is 4. The summed E-state index contributed by atoms with van der Waals surface area (Å²) in [5.41, 5.74) is -0.289. The summed E-state index contributed by atoms with van der Waals surface area (Å²) in [5, 5.41) is 7.60. The highest BCUT2D eigenvalue weighted by Gasteiger charge is 2.51. The van der Waals surface area contributed by atoms with Gasteiger partial charge in [-0.15, -0.1) is 5.10 Å². The zero-order valence-corrected chi connectivity index (χ0v) is 17.5. The van der Waals surface area contributed by atoms with E-state index >= 15 is 0 Å². The van der Waals surface area contributed by atoms with Crippen molar-refractivity contribution in [3.8, 4) is 0 Å². The van der Waals surface area contributed by atoms with Crippen molar-refractivity contribution in [3.63, 3.8) is 0 Å². The number of fused-ring (bicyclic) bond motifs is 1. The van der Waals surface area contributed by atoms with Gasteiger partial charge in [0.1, 0.15) is 11.4 Å². The quantitative estimate of drug-likeness (QED) is 0.760. The van der Waals surface area contributed by atoms with E-state index in [4.69, 9.17) is 0 Å². The molecule has 4 saturated carbocycles. The molecule has 4 fully saturated rings. The Morgan fingerprint density at radius 3 is 2.45 bits per heavy atom. The second kappa shape index (κ2) is 6.96. The van der Waals surface area contributed by atoms with Crippen molar-refractivity contribution >= 4 is 11.7 Å². The molecular weight excluding hydrogens is 366 g/mol. The van der Waals surface area contributed by atoms with Gasteiger partial charge < -0.3 is 9.88 Å². The molecule has 0 aromatic carbocycles. The summed E-state index contributed by atoms with van der Waals surface area (Å²) in [7, 11) is 0. The van der Waals surface area contributed by atoms with Crippen molar-refractivity contribution in [1.29, 1.82) is 0 Å². The molecule has 7 nitrogen and oxygen atoms in total. The first-order chi connectivity index (χ1) is 14.0. The standard InChI is InChI=1S/C22H31N5O2/c1-3-4-5-6-26-13-18(20(29)27-21(26)23-14(2)25-27)19(28)24-22-10-15-7-16(11-22)9-17(8-15)12-22/h13,15-17H,3-12H2,1-2H3,(H,24,28). The van der Waals surface area contributed by atoms with Crippen LogP contribution in [0.5, 0.6) is 0 Å². The minimum Gasteiger partial charge on any atom is -0.346 e. The van der Waals surface area contributed by atoms with Crippen LogP contribution in [0.15, 0.2) is 11.0 Å². The maximum Gasteiger partial charge on any atom is 0.288 e. The van der Waals surface area contributed by atoms with Crippen molar-refractivity contribution in [1.82, 2.24) is 24.5 Å². The van der Waals surface area contributed by atoms with Gasteiger partial charge >= 0.3 is 0 Å². The van der Waals surface area contributed by atoms with Crippen LogP contribution in [0.25, 0.3) is 5.78 Å². The number of carbonyl (C=O) groups is 1. The van der Waals surface area contributed by atoms with Crippen molar-refractivity contribution in [2.45, 2.75) is 83.7 Å². The number of amides is 1. The number of hydrogen-bond donors (Lipinski definition) is 1. The van der Waals surface area contributed by atoms with E-state index in [0.29, 0.717) is 11.6 Å². The normalized spacial score (nSPS) is 30.2. The SMILES string of the molecule is CCCCCn1cc(C(=O)NC23CC4CC(CC(C4)C2)C3)c(=O)n2nc(C)nc12. The summed E-state index contributed by atoms with van der Waals surface area (Å²) >= 11 is 0. The molecule has 4 aliphatic carbocycles. The molecule has 0 radical (unpaired) electrons. The van der Waals surface area contributed by atoms with Gasteiger partial charge in [-0.1, -0.05) is 19.8 Å². The van der Waals surface area contributed by atoms with E-state index in [0.717, 1.165) is 62.8 Å². The lowest BCUT2D eigenvalue weighted by Gasteiger charge is -2.56. The van der Waals surface area contributed by atoms with E-state index in [-0.39, 0.29) is 22.6 Å². The summed E-state index contributed by atoms with van der Waals surface area (Å²) in [4.78, 5) is 30.8. The Bertz CT molecular complexity index is 969. The lowest BCUT2D eigenvalue weighted by atomic mass is 9.53. The van der Waals surface area contributed by atoms with Crippen LogP contribution in [0.1, 0.15) is 80.9 Å². The Kier molecular flexibility index (Phi) is 4.51. The number of unbranched alkanes of at least 4 members (excludes halogenated alkanes) is 2. The first kappa shape index (κ1) is 18.8. The van der Waals surface area contributed by atoms with E-state index in [1.807, 2.05) is 4.57 Å². The molecule has 4 aliphatic rings. The van der Waals surface area contributed by atoms with Crippen molar-refractivity contribution in [2.24, 2.45) is 17.8 Å². The molecule has 2 aromatic heterocycles. The average molecular weight is 398 g/mol. The molecule has 1 N–H and O–H groups in total. The lowest BCUT2D eigenvalue weighted by Crippen LogP contribution is -2.60. The van der Waals surface area contributed by atoms with Crippen LogP contribution in [0.2, 0.25) is 0 Å². The fourth-order valence-electron chi connectivity index (χ4n) is 6.53. The molecule has 2 aromatic rings. The van der Waals surface area contributed by atoms with Crippen LogP contribution in [0.4, 0.5) is 0 Å². The monoisotopic (exact) mass is 397 g/mol. The molecule has 156 valence electrons. The molecule has 0 unspecified atom stereocenters. The lowest BCUT2D eigenvalue weighted by molar-refractivity contribution is -0.0167. The first-order valence-electron chi connectivity index (χ1n) is 11.3. The second-order valence-electron chi connectivity index (χ2n) is 9.77. The van der Waals surface area contributed by atoms with Gasteiger partial charge in [0.2, 0.25) is 5.78 Å². The number of aryl methyl sites for hydroxylation is 2. The second-order valence-corrected chi connectivity index (χ2v) is 9.77. The third kappa shape index (κ3) is 3.28. The number of nitrogens with zero attached hydrogens (tertiary/aromatic N) is 4. The van der Waals surface area contributed by atoms with Gasteiger partial charge in [-0.05, 0) is 69.6 Å². The molecule has 0 aliphatic heterocycles. The van der Waals surface area contributed by atoms with Crippen LogP contribution < -0.4 is 10.9 Å². The topological polar surface area (TPSA) is 81.3 Å². The van der Waals surface area contributed by atoms with Gasteiger partial charge in [0.15, 0.2) is 0 Å². The van der Waals surface area contributed by atoms with Crippen molar-refractivity contribution < 1.29 is 4.79 Å². The zero-order chi connectivity index (χ0) is 20.2. The van der Waals surface area contributed by atoms with E-state index in [2.05, 4.69) is 22.3 Å². The molecule has 0 saturated heterocycles. The minimum absolute atomic E-state index is 0.113. The molecule has 1 amide bonds. The van der Waals surface area contributed by atoms with E-state index in [1.165, 1.54) is 23.8 Å². The molecule has 6 rings (SSSR count). The van der Waals surface area contributed by atoms with Crippen LogP contribution in [-0.4, -0.2) is 30.6 Å². The van der Waals surface area contributed by atoms with E-state index in [1.54, 1.807) is 13.1 Å². The maximum atomic E-state index is 13.3. The zero-order valence-electron chi connectivity index (χ0n) is 17.5. The summed E-state index contributed by atoms with van der Waals surface area (Å²) < 4.78 is 3.22. The van der Waals surface area contributed by atoms with Crippen LogP contribution in [-0.2, 0) is 6.54 Å². The fourth-order valence-corrected chi connectivity index (χ4v) is 6.53. The predicted octanol–water partition coefficient (Wildman–Crippen LogP) is 3.09. The van der Waals surface area contributed by atoms with Crippen molar-refractivity contribution in [2.75, 3.05) is 0 Å². The highest BCUT2D eigenvalue weighted by Crippen LogP contribution is 2.55. The van der Waals surface area contributed by atoms with Crippen LogP contribution >= 0.6 is 0 Å². The Hall–Kier alpha value is -2.18. The third-order valence-corrected chi connectivity index (χ3v) is 7.32. The van der Waals surface area contributed by atoms with Crippen LogP contribution in [0, 0.1) is 24.7 Å². The fraction of sp³-hybridized carbons (Fsp3) is 0.727. The van der Waals surface area contributed by atoms with Crippen LogP contribution in [0.3, 0.4) is 0 Å². The predicted molar refractivity (Wildman–Crippen MR) is 110 cm³/mol. The Balaban J connectivity index is 1.47. The van der Waals surface area contributed by atoms with Gasteiger partial charge in [0, 0.05) is 18.3 Å². The van der Waals surface area contributed by atoms with E-state index < -0.39 is 0 Å². The molecule has 4 bridgehead atoms.